The molecule has 2 amide bonds. The van der Waals surface area contributed by atoms with Crippen molar-refractivity contribution in [3.8, 4) is 0 Å². The van der Waals surface area contributed by atoms with Crippen LogP contribution in [-0.4, -0.2) is 11.8 Å². The number of amides is 2. The molecular formula is C4H4MoNO2-. The van der Waals surface area contributed by atoms with E-state index in [1.54, 1.807) is 0 Å². The van der Waals surface area contributed by atoms with Gasteiger partial charge in [0.2, 0.25) is 0 Å². The largest absolute Gasteiger partial charge is 0.596 e. The quantitative estimate of drug-likeness (QED) is 0.408. The number of carbonyl (C=O) groups is 2. The first-order valence-electron chi connectivity index (χ1n) is 2.06. The van der Waals surface area contributed by atoms with E-state index < -0.39 is 0 Å². The number of hydrogen-bond acceptors (Lipinski definition) is 2. The normalized spacial score (nSPS) is 17.5. The van der Waals surface area contributed by atoms with Crippen molar-refractivity contribution in [1.29, 1.82) is 0 Å². The van der Waals surface area contributed by atoms with Gasteiger partial charge >= 0.3 is 0 Å². The van der Waals surface area contributed by atoms with Crippen molar-refractivity contribution in [3.63, 3.8) is 0 Å². The van der Waals surface area contributed by atoms with Crippen molar-refractivity contribution in [2.75, 3.05) is 0 Å². The summed E-state index contributed by atoms with van der Waals surface area (Å²) in [6, 6.07) is 0. The average Bonchev–Trinajstić information content (AvgIpc) is 1.87. The summed E-state index contributed by atoms with van der Waals surface area (Å²) in [7, 11) is 0. The molecule has 0 aliphatic carbocycles. The van der Waals surface area contributed by atoms with Crippen molar-refractivity contribution in [3.05, 3.63) is 5.32 Å². The molecule has 1 fully saturated rings. The predicted molar refractivity (Wildman–Crippen MR) is 22.6 cm³/mol. The van der Waals surface area contributed by atoms with E-state index in [4.69, 9.17) is 0 Å². The SMILES string of the molecule is O=C1CCC(=O)[N-]1.[Mo]. The minimum atomic E-state index is -0.273. The first-order chi connectivity index (χ1) is 3.29. The molecular weight excluding hydrogens is 190 g/mol. The maximum atomic E-state index is 10.1. The van der Waals surface area contributed by atoms with Gasteiger partial charge in [-0.25, -0.2) is 0 Å². The van der Waals surface area contributed by atoms with Crippen LogP contribution < -0.4 is 0 Å². The van der Waals surface area contributed by atoms with Crippen LogP contribution in [0.2, 0.25) is 0 Å². The Morgan fingerprint density at radius 2 is 1.50 bits per heavy atom. The molecule has 0 spiro atoms. The first kappa shape index (κ1) is 7.83. The summed E-state index contributed by atoms with van der Waals surface area (Å²) in [4.78, 5) is 20.1. The number of carbonyl (C=O) groups excluding carboxylic acids is 2. The Balaban J connectivity index is 0.000000490. The third kappa shape index (κ3) is 1.74. The molecule has 0 bridgehead atoms. The summed E-state index contributed by atoms with van der Waals surface area (Å²) in [6.07, 6.45) is 0.637. The molecule has 4 heteroatoms. The van der Waals surface area contributed by atoms with Crippen LogP contribution in [0.25, 0.3) is 5.32 Å². The zero-order chi connectivity index (χ0) is 5.28. The van der Waals surface area contributed by atoms with Crippen molar-refractivity contribution in [2.45, 2.75) is 12.8 Å². The fraction of sp³-hybridized carbons (Fsp3) is 0.500. The fourth-order valence-electron chi connectivity index (χ4n) is 0.465. The molecule has 0 aromatic carbocycles. The second-order valence-corrected chi connectivity index (χ2v) is 1.40. The van der Waals surface area contributed by atoms with E-state index in [1.165, 1.54) is 0 Å². The molecule has 8 heavy (non-hydrogen) atoms. The molecule has 0 atom stereocenters. The van der Waals surface area contributed by atoms with Gasteiger partial charge in [0.05, 0.1) is 11.8 Å². The predicted octanol–water partition coefficient (Wildman–Crippen LogP) is 0.205. The summed E-state index contributed by atoms with van der Waals surface area (Å²) < 4.78 is 0. The van der Waals surface area contributed by atoms with E-state index in [0.29, 0.717) is 12.8 Å². The van der Waals surface area contributed by atoms with Gasteiger partial charge in [-0.3, -0.25) is 0 Å². The van der Waals surface area contributed by atoms with Crippen LogP contribution in [-0.2, 0) is 30.7 Å². The average molecular weight is 194 g/mol. The molecule has 0 unspecified atom stereocenters. The zero-order valence-electron chi connectivity index (χ0n) is 4.09. The summed E-state index contributed by atoms with van der Waals surface area (Å²) in [5.74, 6) is -0.546. The molecule has 1 rings (SSSR count). The monoisotopic (exact) mass is 196 g/mol. The van der Waals surface area contributed by atoms with E-state index >= 15 is 0 Å². The summed E-state index contributed by atoms with van der Waals surface area (Å²) >= 11 is 0. The van der Waals surface area contributed by atoms with Crippen molar-refractivity contribution in [2.24, 2.45) is 0 Å². The van der Waals surface area contributed by atoms with Gasteiger partial charge in [-0.1, -0.05) is 0 Å². The second kappa shape index (κ2) is 2.98. The topological polar surface area (TPSA) is 48.2 Å². The van der Waals surface area contributed by atoms with Gasteiger partial charge in [0, 0.05) is 21.1 Å². The number of rotatable bonds is 0. The molecule has 1 aliphatic rings. The van der Waals surface area contributed by atoms with Crippen LogP contribution in [0, 0.1) is 0 Å². The summed E-state index contributed by atoms with van der Waals surface area (Å²) in [5.41, 5.74) is 0. The molecule has 0 N–H and O–H groups in total. The van der Waals surface area contributed by atoms with Crippen molar-refractivity contribution >= 4 is 11.8 Å². The number of imide groups is 1. The molecule has 3 nitrogen and oxygen atoms in total. The van der Waals surface area contributed by atoms with Crippen molar-refractivity contribution < 1.29 is 30.7 Å². The molecule has 0 aromatic heterocycles. The van der Waals surface area contributed by atoms with Gasteiger partial charge in [-0.05, 0) is 12.8 Å². The molecule has 1 aliphatic heterocycles. The van der Waals surface area contributed by atoms with Gasteiger partial charge in [-0.15, -0.1) is 0 Å². The van der Waals surface area contributed by atoms with E-state index in [-0.39, 0.29) is 32.9 Å². The zero-order valence-corrected chi connectivity index (χ0v) is 6.09. The smallest absolute Gasteiger partial charge is 0.0568 e. The van der Waals surface area contributed by atoms with E-state index in [1.807, 2.05) is 0 Å². The maximum absolute atomic E-state index is 10.1. The second-order valence-electron chi connectivity index (χ2n) is 1.40. The van der Waals surface area contributed by atoms with Crippen molar-refractivity contribution in [1.82, 2.24) is 0 Å². The fourth-order valence-corrected chi connectivity index (χ4v) is 0.465. The molecule has 1 saturated heterocycles. The number of nitrogens with zero attached hydrogens (tertiary/aromatic N) is 1. The van der Waals surface area contributed by atoms with Crippen LogP contribution in [0.5, 0.6) is 0 Å². The third-order valence-corrected chi connectivity index (χ3v) is 0.802. The van der Waals surface area contributed by atoms with Crippen LogP contribution in [0.4, 0.5) is 0 Å². The van der Waals surface area contributed by atoms with Gasteiger partial charge in [0.25, 0.3) is 0 Å². The van der Waals surface area contributed by atoms with Crippen LogP contribution >= 0.6 is 0 Å². The van der Waals surface area contributed by atoms with E-state index in [0.717, 1.165) is 0 Å². The Kier molecular flexibility index (Phi) is 2.91. The van der Waals surface area contributed by atoms with Gasteiger partial charge < -0.3 is 14.9 Å². The molecule has 44 valence electrons. The Bertz CT molecular complexity index is 109. The standard InChI is InChI=1S/C4H5NO2.Mo/c6-3-1-2-4(7)5-3;/h1-2H2,(H,5,6,7);/p-1. The minimum Gasteiger partial charge on any atom is -0.596 e. The Labute approximate surface area is 61.1 Å². The third-order valence-electron chi connectivity index (χ3n) is 0.802. The summed E-state index contributed by atoms with van der Waals surface area (Å²) in [5, 5.41) is 3.11. The van der Waals surface area contributed by atoms with E-state index in [2.05, 4.69) is 5.32 Å². The molecule has 0 saturated carbocycles. The molecule has 0 aromatic rings. The Morgan fingerprint density at radius 1 is 1.12 bits per heavy atom. The van der Waals surface area contributed by atoms with Crippen LogP contribution in [0.1, 0.15) is 12.8 Å². The van der Waals surface area contributed by atoms with Crippen LogP contribution in [0.15, 0.2) is 0 Å². The minimum absolute atomic E-state index is 0. The summed E-state index contributed by atoms with van der Waals surface area (Å²) in [6.45, 7) is 0. The van der Waals surface area contributed by atoms with E-state index in [9.17, 15) is 9.59 Å². The maximum Gasteiger partial charge on any atom is 0.0568 e. The Hall–Kier alpha value is -0.172. The van der Waals surface area contributed by atoms with Crippen LogP contribution in [0.3, 0.4) is 0 Å². The Morgan fingerprint density at radius 3 is 1.62 bits per heavy atom. The molecule has 0 radical (unpaired) electrons. The first-order valence-corrected chi connectivity index (χ1v) is 2.06. The molecule has 1 heterocycles. The van der Waals surface area contributed by atoms with Gasteiger partial charge in [0.1, 0.15) is 0 Å². The van der Waals surface area contributed by atoms with Gasteiger partial charge in [-0.2, -0.15) is 0 Å². The van der Waals surface area contributed by atoms with Gasteiger partial charge in [0.15, 0.2) is 0 Å². The number of hydrogen-bond donors (Lipinski definition) is 0.